The van der Waals surface area contributed by atoms with Crippen LogP contribution >= 0.6 is 11.6 Å². The number of anilines is 1. The number of carbonyl (C=O) groups excluding carboxylic acids is 3. The van der Waals surface area contributed by atoms with E-state index in [9.17, 15) is 14.4 Å². The minimum absolute atomic E-state index is 0.0963. The van der Waals surface area contributed by atoms with Crippen LogP contribution in [0, 0.1) is 12.8 Å². The van der Waals surface area contributed by atoms with Crippen molar-refractivity contribution in [2.45, 2.75) is 85.4 Å². The summed E-state index contributed by atoms with van der Waals surface area (Å²) in [7, 11) is 0. The van der Waals surface area contributed by atoms with Gasteiger partial charge in [-0.25, -0.2) is 4.79 Å². The number of rotatable bonds is 12. The molecule has 0 fully saturated rings. The lowest BCUT2D eigenvalue weighted by Crippen LogP contribution is -2.53. The maximum absolute atomic E-state index is 14.3. The highest BCUT2D eigenvalue weighted by Gasteiger charge is 2.36. The Labute approximate surface area is 244 Å². The molecule has 40 heavy (non-hydrogen) atoms. The molecule has 0 saturated carbocycles. The van der Waals surface area contributed by atoms with E-state index in [0.29, 0.717) is 35.7 Å². The third kappa shape index (κ3) is 9.70. The first-order valence-corrected chi connectivity index (χ1v) is 14.2. The summed E-state index contributed by atoms with van der Waals surface area (Å²) >= 11 is 6.45. The Morgan fingerprint density at radius 3 is 2.38 bits per heavy atom. The molecule has 7 nitrogen and oxygen atoms in total. The molecule has 8 heteroatoms. The van der Waals surface area contributed by atoms with Gasteiger partial charge in [-0.2, -0.15) is 0 Å². The summed E-state index contributed by atoms with van der Waals surface area (Å²) in [5, 5.41) is 6.16. The van der Waals surface area contributed by atoms with Gasteiger partial charge in [0.1, 0.15) is 17.7 Å². The average Bonchev–Trinajstić information content (AvgIpc) is 2.86. The van der Waals surface area contributed by atoms with Crippen molar-refractivity contribution in [3.05, 3.63) is 70.8 Å². The third-order valence-electron chi connectivity index (χ3n) is 6.22. The van der Waals surface area contributed by atoms with Crippen LogP contribution in [0.25, 0.3) is 6.08 Å². The van der Waals surface area contributed by atoms with Crippen molar-refractivity contribution >= 4 is 41.3 Å². The summed E-state index contributed by atoms with van der Waals surface area (Å²) in [6, 6.07) is 10.9. The maximum atomic E-state index is 14.3. The van der Waals surface area contributed by atoms with Crippen molar-refractivity contribution in [2.75, 3.05) is 11.9 Å². The van der Waals surface area contributed by atoms with E-state index in [1.807, 2.05) is 64.1 Å². The zero-order valence-electron chi connectivity index (χ0n) is 24.8. The number of ether oxygens (including phenoxy) is 1. The molecule has 2 aromatic carbocycles. The number of nitrogens with one attached hydrogen (secondary N) is 2. The van der Waals surface area contributed by atoms with Gasteiger partial charge in [0.05, 0.1) is 10.7 Å². The second-order valence-electron chi connectivity index (χ2n) is 11.4. The zero-order valence-corrected chi connectivity index (χ0v) is 25.6. The molecule has 0 aliphatic carbocycles. The molecule has 0 heterocycles. The van der Waals surface area contributed by atoms with E-state index >= 15 is 0 Å². The lowest BCUT2D eigenvalue weighted by Gasteiger charge is -2.35. The van der Waals surface area contributed by atoms with Crippen LogP contribution in [-0.2, 0) is 14.3 Å². The van der Waals surface area contributed by atoms with Crippen molar-refractivity contribution in [3.8, 4) is 0 Å². The second kappa shape index (κ2) is 14.9. The number of para-hydroxylation sites is 1. The van der Waals surface area contributed by atoms with Crippen LogP contribution in [0.4, 0.5) is 10.5 Å². The van der Waals surface area contributed by atoms with Gasteiger partial charge in [-0.05, 0) is 75.3 Å². The van der Waals surface area contributed by atoms with Crippen molar-refractivity contribution in [3.63, 3.8) is 0 Å². The van der Waals surface area contributed by atoms with Gasteiger partial charge >= 0.3 is 6.09 Å². The number of halogens is 1. The molecule has 2 aromatic rings. The molecule has 0 aliphatic rings. The molecule has 0 saturated heterocycles. The Morgan fingerprint density at radius 1 is 1.12 bits per heavy atom. The van der Waals surface area contributed by atoms with E-state index in [2.05, 4.69) is 17.2 Å². The van der Waals surface area contributed by atoms with Gasteiger partial charge in [-0.15, -0.1) is 0 Å². The Bertz CT molecular complexity index is 1170. The average molecular weight is 570 g/mol. The minimum atomic E-state index is -0.982. The van der Waals surface area contributed by atoms with Gasteiger partial charge in [0.25, 0.3) is 5.91 Å². The smallest absolute Gasteiger partial charge is 0.408 e. The van der Waals surface area contributed by atoms with Crippen LogP contribution in [-0.4, -0.2) is 41.0 Å². The van der Waals surface area contributed by atoms with Crippen molar-refractivity contribution in [2.24, 2.45) is 5.92 Å². The Kier molecular flexibility index (Phi) is 12.2. The van der Waals surface area contributed by atoms with Gasteiger partial charge in [0.2, 0.25) is 5.91 Å². The van der Waals surface area contributed by atoms with E-state index in [-0.39, 0.29) is 11.8 Å². The topological polar surface area (TPSA) is 87.7 Å². The zero-order chi connectivity index (χ0) is 30.0. The van der Waals surface area contributed by atoms with Gasteiger partial charge in [-0.3, -0.25) is 9.59 Å². The number of hydrogen-bond acceptors (Lipinski definition) is 4. The van der Waals surface area contributed by atoms with Crippen LogP contribution in [0.2, 0.25) is 5.02 Å². The lowest BCUT2D eigenvalue weighted by molar-refractivity contribution is -0.141. The SMILES string of the molecule is C=Cc1cccc(C(C(=O)Nc2c(C)cccc2Cl)N(CCCC)C(=O)C(CC(C)C)NC(=O)OC(C)(C)C)c1. The molecule has 0 spiro atoms. The summed E-state index contributed by atoms with van der Waals surface area (Å²) in [5.41, 5.74) is 2.02. The molecule has 3 amide bonds. The van der Waals surface area contributed by atoms with Crippen molar-refractivity contribution in [1.82, 2.24) is 10.2 Å². The van der Waals surface area contributed by atoms with E-state index in [1.165, 1.54) is 0 Å². The molecule has 0 aromatic heterocycles. The molecule has 2 atom stereocenters. The van der Waals surface area contributed by atoms with Crippen molar-refractivity contribution in [1.29, 1.82) is 0 Å². The molecule has 2 unspecified atom stereocenters. The predicted octanol–water partition coefficient (Wildman–Crippen LogP) is 7.54. The van der Waals surface area contributed by atoms with E-state index in [4.69, 9.17) is 16.3 Å². The fourth-order valence-electron chi connectivity index (χ4n) is 4.35. The normalized spacial score (nSPS) is 12.8. The Hall–Kier alpha value is -3.32. The number of aryl methyl sites for hydroxylation is 1. The van der Waals surface area contributed by atoms with Gasteiger partial charge in [0.15, 0.2) is 0 Å². The summed E-state index contributed by atoms with van der Waals surface area (Å²) < 4.78 is 5.46. The largest absolute Gasteiger partial charge is 0.444 e. The molecule has 2 rings (SSSR count). The van der Waals surface area contributed by atoms with E-state index < -0.39 is 29.7 Å². The summed E-state index contributed by atoms with van der Waals surface area (Å²) in [6.07, 6.45) is 2.88. The highest BCUT2D eigenvalue weighted by Crippen LogP contribution is 2.30. The second-order valence-corrected chi connectivity index (χ2v) is 11.8. The number of alkyl carbamates (subject to hydrolysis) is 1. The molecular weight excluding hydrogens is 526 g/mol. The van der Waals surface area contributed by atoms with Crippen LogP contribution < -0.4 is 10.6 Å². The predicted molar refractivity (Wildman–Crippen MR) is 163 cm³/mol. The Morgan fingerprint density at radius 2 is 1.80 bits per heavy atom. The quantitative estimate of drug-likeness (QED) is 0.276. The fraction of sp³-hybridized carbons (Fsp3) is 0.469. The van der Waals surface area contributed by atoms with Crippen LogP contribution in [0.15, 0.2) is 49.0 Å². The molecule has 0 radical (unpaired) electrons. The van der Waals surface area contributed by atoms with Crippen molar-refractivity contribution < 1.29 is 19.1 Å². The number of benzene rings is 2. The number of nitrogens with zero attached hydrogens (tertiary/aromatic N) is 1. The minimum Gasteiger partial charge on any atom is -0.444 e. The van der Waals surface area contributed by atoms with Crippen LogP contribution in [0.3, 0.4) is 0 Å². The molecule has 0 aliphatic heterocycles. The van der Waals surface area contributed by atoms with Crippen LogP contribution in [0.5, 0.6) is 0 Å². The third-order valence-corrected chi connectivity index (χ3v) is 6.54. The van der Waals surface area contributed by atoms with Gasteiger partial charge in [0, 0.05) is 6.54 Å². The van der Waals surface area contributed by atoms with Gasteiger partial charge in [-0.1, -0.05) is 81.8 Å². The standard InChI is InChI=1S/C32H44ClN3O4/c1-9-11-18-36(30(38)26(19-21(3)4)34-31(39)40-32(6,7)8)28(24-16-13-15-23(10-2)20-24)29(37)35-27-22(5)14-12-17-25(27)33/h10,12-17,20-21,26,28H,2,9,11,18-19H2,1,3-8H3,(H,34,39)(H,35,37). The summed E-state index contributed by atoms with van der Waals surface area (Å²) in [4.78, 5) is 42.7. The summed E-state index contributed by atoms with van der Waals surface area (Å²) in [5.74, 6) is -0.658. The fourth-order valence-corrected chi connectivity index (χ4v) is 4.62. The maximum Gasteiger partial charge on any atom is 0.408 e. The van der Waals surface area contributed by atoms with E-state index in [1.54, 1.807) is 37.8 Å². The molecular formula is C32H44ClN3O4. The number of hydrogen-bond donors (Lipinski definition) is 2. The number of amides is 3. The number of carbonyl (C=O) groups is 3. The van der Waals surface area contributed by atoms with Gasteiger partial charge < -0.3 is 20.3 Å². The molecule has 218 valence electrons. The first-order chi connectivity index (χ1) is 18.8. The Balaban J connectivity index is 2.61. The molecule has 2 N–H and O–H groups in total. The van der Waals surface area contributed by atoms with Crippen LogP contribution in [0.1, 0.15) is 83.5 Å². The monoisotopic (exact) mass is 569 g/mol. The highest BCUT2D eigenvalue weighted by atomic mass is 35.5. The van der Waals surface area contributed by atoms with E-state index in [0.717, 1.165) is 17.5 Å². The number of unbranched alkanes of at least 4 members (excludes halogenated alkanes) is 1. The lowest BCUT2D eigenvalue weighted by atomic mass is 9.97. The summed E-state index contributed by atoms with van der Waals surface area (Å²) in [6.45, 7) is 17.3. The first-order valence-electron chi connectivity index (χ1n) is 13.9. The molecule has 0 bridgehead atoms. The first kappa shape index (κ1) is 32.9. The highest BCUT2D eigenvalue weighted by molar-refractivity contribution is 6.34.